The molecule has 0 radical (unpaired) electrons. The van der Waals surface area contributed by atoms with Gasteiger partial charge in [0.1, 0.15) is 6.10 Å². The van der Waals surface area contributed by atoms with E-state index in [1.807, 2.05) is 32.0 Å². The normalized spacial score (nSPS) is 14.3. The van der Waals surface area contributed by atoms with Crippen molar-refractivity contribution < 1.29 is 53.3 Å². The molecule has 4 atom stereocenters. The zero-order valence-corrected chi connectivity index (χ0v) is 31.1. The molecule has 1 aromatic rings. The molecule has 4 unspecified atom stereocenters. The molecule has 0 bridgehead atoms. The summed E-state index contributed by atoms with van der Waals surface area (Å²) in [6, 6.07) is 5.18. The molecule has 0 saturated heterocycles. The molecule has 0 heterocycles. The van der Waals surface area contributed by atoms with Gasteiger partial charge in [-0.15, -0.1) is 0 Å². The quantitative estimate of drug-likeness (QED) is 0.0516. The minimum atomic E-state index is -0.953. The maximum absolute atomic E-state index is 13.4. The number of benzene rings is 1. The van der Waals surface area contributed by atoms with E-state index in [4.69, 9.17) is 45.6 Å². The Hall–Kier alpha value is -3.21. The summed E-state index contributed by atoms with van der Waals surface area (Å²) < 4.78 is 27.7. The first kappa shape index (κ1) is 44.8. The summed E-state index contributed by atoms with van der Waals surface area (Å²) in [6.07, 6.45) is 0.954. The number of hydrogen-bond acceptors (Lipinski definition) is 13. The molecule has 288 valence electrons. The third-order valence-corrected chi connectivity index (χ3v) is 8.68. The lowest BCUT2D eigenvalue weighted by Gasteiger charge is -2.32. The van der Waals surface area contributed by atoms with Crippen LogP contribution < -0.4 is 26.3 Å². The van der Waals surface area contributed by atoms with E-state index in [1.54, 1.807) is 28.1 Å². The van der Waals surface area contributed by atoms with Crippen molar-refractivity contribution in [3.8, 4) is 11.5 Å². The number of unbranched alkanes of at least 4 members (excludes halogenated alkanes) is 1. The summed E-state index contributed by atoms with van der Waals surface area (Å²) in [4.78, 5) is 42.7. The van der Waals surface area contributed by atoms with Crippen molar-refractivity contribution in [1.29, 1.82) is 0 Å². The Morgan fingerprint density at radius 2 is 1.60 bits per heavy atom. The third-order valence-electron chi connectivity index (χ3n) is 8.68. The third kappa shape index (κ3) is 17.1. The smallest absolute Gasteiger partial charge is 0.493 e. The minimum absolute atomic E-state index is 0.000729. The van der Waals surface area contributed by atoms with Gasteiger partial charge in [0.2, 0.25) is 11.8 Å². The lowest BCUT2D eigenvalue weighted by molar-refractivity contribution is -0.492. The predicted molar refractivity (Wildman–Crippen MR) is 185 cm³/mol. The number of nitrogens with two attached hydrogens (primary N) is 2. The number of nitrogens with zero attached hydrogens (tertiary/aromatic N) is 1. The van der Waals surface area contributed by atoms with Crippen LogP contribution in [-0.4, -0.2) is 93.1 Å². The van der Waals surface area contributed by atoms with E-state index in [9.17, 15) is 14.4 Å². The van der Waals surface area contributed by atoms with Crippen LogP contribution in [0.1, 0.15) is 79.2 Å². The molecule has 0 fully saturated rings. The van der Waals surface area contributed by atoms with Gasteiger partial charge in [-0.05, 0) is 81.4 Å². The molecule has 15 heteroatoms. The van der Waals surface area contributed by atoms with E-state index >= 15 is 0 Å². The summed E-state index contributed by atoms with van der Waals surface area (Å²) in [5.41, 5.74) is 12.4. The van der Waals surface area contributed by atoms with E-state index in [0.717, 1.165) is 12.0 Å². The van der Waals surface area contributed by atoms with E-state index in [2.05, 4.69) is 24.0 Å². The first-order valence-electron chi connectivity index (χ1n) is 17.3. The molecule has 2 amide bonds. The standard InChI is InChI=1S/C35H62N4O11/c1-23(2)26(18-25-12-13-29(46-8)31(19-25)47-16-11-14-45-7)20-28(36)30(50-34(42)48-15-9-10-17-49-39(43)44)21-27(24(3)4)32(40)38-22-35(5,6)33(37)41/h12-13,19,23-24,26-28,30,43-44H,9-11,14-18,20-22,36H2,1-8H3,(H2,37,41)(H,38,40). The molecule has 15 nitrogen and oxygen atoms in total. The van der Waals surface area contributed by atoms with E-state index in [1.165, 1.54) is 0 Å². The highest BCUT2D eigenvalue weighted by molar-refractivity contribution is 5.83. The monoisotopic (exact) mass is 714 g/mol. The average Bonchev–Trinajstić information content (AvgIpc) is 3.04. The molecule has 0 saturated carbocycles. The topological polar surface area (TPSA) is 214 Å². The SMILES string of the molecule is COCCCOc1cc(CC(CC(N)C(CC(C(=O)NCC(C)(C)C(N)=O)C(C)C)OC(=O)OCCCCON(O)O)C(C)C)ccc1OC. The van der Waals surface area contributed by atoms with Gasteiger partial charge >= 0.3 is 6.16 Å². The number of methoxy groups -OCH3 is 2. The highest BCUT2D eigenvalue weighted by atomic mass is 17.1. The Kier molecular flexibility index (Phi) is 20.9. The molecule has 7 N–H and O–H groups in total. The largest absolute Gasteiger partial charge is 0.508 e. The number of hydrogen-bond donors (Lipinski definition) is 5. The molecule has 1 rings (SSSR count). The second-order valence-corrected chi connectivity index (χ2v) is 13.9. The molecule has 1 aromatic carbocycles. The molecular formula is C35H62N4O11. The zero-order chi connectivity index (χ0) is 37.9. The Labute approximate surface area is 297 Å². The Morgan fingerprint density at radius 3 is 2.18 bits per heavy atom. The Balaban J connectivity index is 3.18. The number of carbonyl (C=O) groups excluding carboxylic acids is 3. The second-order valence-electron chi connectivity index (χ2n) is 13.9. The first-order chi connectivity index (χ1) is 23.5. The number of ether oxygens (including phenoxy) is 5. The van der Waals surface area contributed by atoms with Crippen molar-refractivity contribution in [2.45, 2.75) is 92.2 Å². The summed E-state index contributed by atoms with van der Waals surface area (Å²) >= 11 is 0. The average molecular weight is 715 g/mol. The molecule has 0 aliphatic heterocycles. The number of carbonyl (C=O) groups is 3. The fourth-order valence-electron chi connectivity index (χ4n) is 5.17. The van der Waals surface area contributed by atoms with Gasteiger partial charge < -0.3 is 40.5 Å². The summed E-state index contributed by atoms with van der Waals surface area (Å²) in [5, 5.41) is 19.7. The van der Waals surface area contributed by atoms with E-state index in [-0.39, 0.29) is 55.2 Å². The fraction of sp³-hybridized carbons (Fsp3) is 0.743. The van der Waals surface area contributed by atoms with Crippen LogP contribution in [0.4, 0.5) is 4.79 Å². The molecule has 0 spiro atoms. The van der Waals surface area contributed by atoms with Crippen molar-refractivity contribution in [2.24, 2.45) is 40.6 Å². The van der Waals surface area contributed by atoms with Gasteiger partial charge in [-0.1, -0.05) is 33.8 Å². The lowest BCUT2D eigenvalue weighted by atomic mass is 9.80. The number of rotatable bonds is 26. The fourth-order valence-corrected chi connectivity index (χ4v) is 5.17. The van der Waals surface area contributed by atoms with Crippen molar-refractivity contribution in [3.63, 3.8) is 0 Å². The number of amides is 2. The molecule has 0 aromatic heterocycles. The molecule has 50 heavy (non-hydrogen) atoms. The van der Waals surface area contributed by atoms with Crippen molar-refractivity contribution >= 4 is 18.0 Å². The summed E-state index contributed by atoms with van der Waals surface area (Å²) in [6.45, 7) is 12.4. The van der Waals surface area contributed by atoms with Gasteiger partial charge in [0.15, 0.2) is 11.5 Å². The van der Waals surface area contributed by atoms with Crippen molar-refractivity contribution in [3.05, 3.63) is 23.8 Å². The van der Waals surface area contributed by atoms with Crippen LogP contribution in [0.25, 0.3) is 0 Å². The van der Waals surface area contributed by atoms with Crippen LogP contribution in [0.3, 0.4) is 0 Å². The van der Waals surface area contributed by atoms with Crippen LogP contribution in [-0.2, 0) is 35.1 Å². The van der Waals surface area contributed by atoms with Crippen molar-refractivity contribution in [2.75, 3.05) is 47.2 Å². The number of primary amides is 1. The summed E-state index contributed by atoms with van der Waals surface area (Å²) in [5.74, 6) is -0.0501. The predicted octanol–water partition coefficient (Wildman–Crippen LogP) is 4.25. The van der Waals surface area contributed by atoms with Crippen LogP contribution in [0.15, 0.2) is 18.2 Å². The molecule has 0 aliphatic rings. The van der Waals surface area contributed by atoms with Crippen LogP contribution in [0.5, 0.6) is 11.5 Å². The Morgan fingerprint density at radius 1 is 0.920 bits per heavy atom. The van der Waals surface area contributed by atoms with Gasteiger partial charge in [0.25, 0.3) is 0 Å². The van der Waals surface area contributed by atoms with Gasteiger partial charge in [-0.25, -0.2) is 4.79 Å². The Bertz CT molecular complexity index is 1150. The maximum Gasteiger partial charge on any atom is 0.508 e. The molecular weight excluding hydrogens is 652 g/mol. The van der Waals surface area contributed by atoms with Gasteiger partial charge in [0.05, 0.1) is 37.7 Å². The highest BCUT2D eigenvalue weighted by Crippen LogP contribution is 2.32. The number of nitrogens with one attached hydrogen (secondary N) is 1. The maximum atomic E-state index is 13.4. The van der Waals surface area contributed by atoms with Crippen LogP contribution in [0, 0.1) is 29.1 Å². The lowest BCUT2D eigenvalue weighted by Crippen LogP contribution is -2.47. The van der Waals surface area contributed by atoms with Gasteiger partial charge in [-0.3, -0.25) is 24.8 Å². The van der Waals surface area contributed by atoms with E-state index < -0.39 is 35.5 Å². The zero-order valence-electron chi connectivity index (χ0n) is 31.1. The highest BCUT2D eigenvalue weighted by Gasteiger charge is 2.35. The minimum Gasteiger partial charge on any atom is -0.493 e. The first-order valence-corrected chi connectivity index (χ1v) is 17.3. The molecule has 0 aliphatic carbocycles. The van der Waals surface area contributed by atoms with Crippen LogP contribution in [0.2, 0.25) is 0 Å². The van der Waals surface area contributed by atoms with Crippen molar-refractivity contribution in [1.82, 2.24) is 10.7 Å². The second kappa shape index (κ2) is 23.3. The summed E-state index contributed by atoms with van der Waals surface area (Å²) in [7, 11) is 3.24. The van der Waals surface area contributed by atoms with Gasteiger partial charge in [0, 0.05) is 38.6 Å². The van der Waals surface area contributed by atoms with Gasteiger partial charge in [-0.2, -0.15) is 0 Å². The van der Waals surface area contributed by atoms with Crippen LogP contribution >= 0.6 is 0 Å². The van der Waals surface area contributed by atoms with E-state index in [0.29, 0.717) is 50.4 Å².